The van der Waals surface area contributed by atoms with E-state index in [1.165, 1.54) is 48.8 Å². The van der Waals surface area contributed by atoms with Crippen LogP contribution in [-0.4, -0.2) is 30.1 Å². The largest absolute Gasteiger partial charge is 0.307 e. The van der Waals surface area contributed by atoms with Crippen molar-refractivity contribution in [2.24, 2.45) is 0 Å². The first kappa shape index (κ1) is 15.1. The summed E-state index contributed by atoms with van der Waals surface area (Å²) in [4.78, 5) is 2.64. The standard InChI is InChI=1S/C19H30N2/c1-13-8-14(2)10-16(9-13)15(3)20-17-11-18-6-5-7-19(12-17)21(18)4/h8-10,15,17-20H,5-7,11-12H2,1-4H3. The van der Waals surface area contributed by atoms with E-state index >= 15 is 0 Å². The minimum atomic E-state index is 0.456. The fourth-order valence-corrected chi connectivity index (χ4v) is 4.46. The number of benzene rings is 1. The van der Waals surface area contributed by atoms with E-state index in [0.29, 0.717) is 12.1 Å². The summed E-state index contributed by atoms with van der Waals surface area (Å²) in [5.41, 5.74) is 4.19. The first-order valence-corrected chi connectivity index (χ1v) is 8.59. The average molecular weight is 286 g/mol. The number of nitrogens with zero attached hydrogens (tertiary/aromatic N) is 1. The van der Waals surface area contributed by atoms with Gasteiger partial charge in [0.05, 0.1) is 0 Å². The second kappa shape index (κ2) is 6.10. The van der Waals surface area contributed by atoms with Crippen molar-refractivity contribution in [2.75, 3.05) is 7.05 Å². The first-order valence-electron chi connectivity index (χ1n) is 8.59. The van der Waals surface area contributed by atoms with Crippen molar-refractivity contribution in [1.82, 2.24) is 10.2 Å². The summed E-state index contributed by atoms with van der Waals surface area (Å²) < 4.78 is 0. The van der Waals surface area contributed by atoms with Crippen LogP contribution >= 0.6 is 0 Å². The maximum Gasteiger partial charge on any atom is 0.0294 e. The van der Waals surface area contributed by atoms with Gasteiger partial charge in [-0.25, -0.2) is 0 Å². The molecule has 1 aromatic rings. The summed E-state index contributed by atoms with van der Waals surface area (Å²) >= 11 is 0. The van der Waals surface area contributed by atoms with E-state index in [1.807, 2.05) is 0 Å². The molecule has 0 aromatic heterocycles. The van der Waals surface area contributed by atoms with E-state index < -0.39 is 0 Å². The molecule has 2 saturated heterocycles. The molecule has 2 bridgehead atoms. The van der Waals surface area contributed by atoms with Crippen molar-refractivity contribution in [2.45, 2.75) is 77.0 Å². The van der Waals surface area contributed by atoms with Crippen LogP contribution in [0.1, 0.15) is 61.8 Å². The summed E-state index contributed by atoms with van der Waals surface area (Å²) in [6, 6.07) is 9.69. The molecule has 1 aromatic carbocycles. The van der Waals surface area contributed by atoms with Crippen molar-refractivity contribution < 1.29 is 0 Å². The van der Waals surface area contributed by atoms with Crippen molar-refractivity contribution in [3.8, 4) is 0 Å². The van der Waals surface area contributed by atoms with Crippen LogP contribution in [0.4, 0.5) is 0 Å². The molecule has 2 heteroatoms. The molecule has 3 rings (SSSR count). The van der Waals surface area contributed by atoms with Crippen LogP contribution in [-0.2, 0) is 0 Å². The summed E-state index contributed by atoms with van der Waals surface area (Å²) in [5.74, 6) is 0. The summed E-state index contributed by atoms with van der Waals surface area (Å²) in [5, 5.41) is 3.91. The van der Waals surface area contributed by atoms with E-state index in [1.54, 1.807) is 0 Å². The molecule has 2 nitrogen and oxygen atoms in total. The van der Waals surface area contributed by atoms with E-state index in [0.717, 1.165) is 12.1 Å². The fraction of sp³-hybridized carbons (Fsp3) is 0.684. The molecule has 3 atom stereocenters. The van der Waals surface area contributed by atoms with Crippen molar-refractivity contribution in [3.05, 3.63) is 34.9 Å². The molecule has 2 aliphatic heterocycles. The van der Waals surface area contributed by atoms with Crippen LogP contribution < -0.4 is 5.32 Å². The summed E-state index contributed by atoms with van der Waals surface area (Å²) in [6.07, 6.45) is 6.86. The third-order valence-corrected chi connectivity index (χ3v) is 5.57. The number of fused-ring (bicyclic) bond motifs is 2. The van der Waals surface area contributed by atoms with E-state index in [2.05, 4.69) is 56.2 Å². The minimum Gasteiger partial charge on any atom is -0.307 e. The van der Waals surface area contributed by atoms with Crippen LogP contribution in [0.5, 0.6) is 0 Å². The Balaban J connectivity index is 1.66. The lowest BCUT2D eigenvalue weighted by Gasteiger charge is -2.47. The van der Waals surface area contributed by atoms with Gasteiger partial charge in [0.1, 0.15) is 0 Å². The Hall–Kier alpha value is -0.860. The number of nitrogens with one attached hydrogen (secondary N) is 1. The second-order valence-corrected chi connectivity index (χ2v) is 7.38. The van der Waals surface area contributed by atoms with Gasteiger partial charge in [0.25, 0.3) is 0 Å². The molecule has 0 amide bonds. The molecule has 0 radical (unpaired) electrons. The predicted octanol–water partition coefficient (Wildman–Crippen LogP) is 3.97. The van der Waals surface area contributed by atoms with Gasteiger partial charge in [0.15, 0.2) is 0 Å². The Bertz CT molecular complexity index is 462. The van der Waals surface area contributed by atoms with Gasteiger partial charge in [-0.3, -0.25) is 0 Å². The minimum absolute atomic E-state index is 0.456. The van der Waals surface area contributed by atoms with E-state index in [9.17, 15) is 0 Å². The maximum absolute atomic E-state index is 3.91. The van der Waals surface area contributed by atoms with Gasteiger partial charge < -0.3 is 10.2 Å². The molecular weight excluding hydrogens is 256 g/mol. The molecule has 21 heavy (non-hydrogen) atoms. The Morgan fingerprint density at radius 1 is 1.05 bits per heavy atom. The highest BCUT2D eigenvalue weighted by molar-refractivity contribution is 5.30. The SMILES string of the molecule is Cc1cc(C)cc(C(C)NC2CC3CCCC(C2)N3C)c1. The topological polar surface area (TPSA) is 15.3 Å². The Morgan fingerprint density at radius 2 is 1.62 bits per heavy atom. The zero-order valence-electron chi connectivity index (χ0n) is 14.0. The first-order chi connectivity index (χ1) is 10.0. The van der Waals surface area contributed by atoms with Gasteiger partial charge in [-0.1, -0.05) is 35.7 Å². The van der Waals surface area contributed by atoms with E-state index in [-0.39, 0.29) is 0 Å². The third kappa shape index (κ3) is 3.32. The van der Waals surface area contributed by atoms with Gasteiger partial charge in [0.2, 0.25) is 0 Å². The molecule has 0 aliphatic carbocycles. The zero-order valence-corrected chi connectivity index (χ0v) is 14.0. The molecular formula is C19H30N2. The molecule has 0 spiro atoms. The molecule has 116 valence electrons. The lowest BCUT2D eigenvalue weighted by molar-refractivity contribution is 0.0463. The molecule has 2 fully saturated rings. The quantitative estimate of drug-likeness (QED) is 0.904. The maximum atomic E-state index is 3.91. The van der Waals surface area contributed by atoms with Crippen LogP contribution in [0, 0.1) is 13.8 Å². The lowest BCUT2D eigenvalue weighted by atomic mass is 9.82. The van der Waals surface area contributed by atoms with Gasteiger partial charge in [-0.05, 0) is 59.1 Å². The normalized spacial score (nSPS) is 31.1. The van der Waals surface area contributed by atoms with Gasteiger partial charge >= 0.3 is 0 Å². The van der Waals surface area contributed by atoms with Crippen molar-refractivity contribution in [1.29, 1.82) is 0 Å². The molecule has 0 saturated carbocycles. The molecule has 3 unspecified atom stereocenters. The Kier molecular flexibility index (Phi) is 4.37. The van der Waals surface area contributed by atoms with E-state index in [4.69, 9.17) is 0 Å². The third-order valence-electron chi connectivity index (χ3n) is 5.57. The Labute approximate surface area is 129 Å². The van der Waals surface area contributed by atoms with Crippen LogP contribution in [0.25, 0.3) is 0 Å². The van der Waals surface area contributed by atoms with Gasteiger partial charge in [-0.2, -0.15) is 0 Å². The van der Waals surface area contributed by atoms with Crippen LogP contribution in [0.3, 0.4) is 0 Å². The number of hydrogen-bond acceptors (Lipinski definition) is 2. The van der Waals surface area contributed by atoms with Crippen molar-refractivity contribution in [3.63, 3.8) is 0 Å². The highest BCUT2D eigenvalue weighted by atomic mass is 15.2. The number of piperidine rings is 2. The fourth-order valence-electron chi connectivity index (χ4n) is 4.46. The summed E-state index contributed by atoms with van der Waals surface area (Å²) in [7, 11) is 2.33. The number of rotatable bonds is 3. The highest BCUT2D eigenvalue weighted by Gasteiger charge is 2.36. The molecule has 1 N–H and O–H groups in total. The monoisotopic (exact) mass is 286 g/mol. The zero-order chi connectivity index (χ0) is 15.0. The molecule has 2 heterocycles. The summed E-state index contributed by atoms with van der Waals surface area (Å²) in [6.45, 7) is 6.72. The smallest absolute Gasteiger partial charge is 0.0294 e. The van der Waals surface area contributed by atoms with Gasteiger partial charge in [-0.15, -0.1) is 0 Å². The average Bonchev–Trinajstić information content (AvgIpc) is 2.38. The van der Waals surface area contributed by atoms with Crippen LogP contribution in [0.15, 0.2) is 18.2 Å². The Morgan fingerprint density at radius 3 is 2.19 bits per heavy atom. The lowest BCUT2D eigenvalue weighted by Crippen LogP contribution is -2.54. The second-order valence-electron chi connectivity index (χ2n) is 7.38. The number of aryl methyl sites for hydroxylation is 2. The molecule has 2 aliphatic rings. The predicted molar refractivity (Wildman–Crippen MR) is 89.7 cm³/mol. The van der Waals surface area contributed by atoms with Gasteiger partial charge in [0, 0.05) is 24.2 Å². The van der Waals surface area contributed by atoms with Crippen molar-refractivity contribution >= 4 is 0 Å². The van der Waals surface area contributed by atoms with Crippen LogP contribution in [0.2, 0.25) is 0 Å². The highest BCUT2D eigenvalue weighted by Crippen LogP contribution is 2.33. The number of hydrogen-bond donors (Lipinski definition) is 1.